The smallest absolute Gasteiger partial charge is 0.280 e. The Labute approximate surface area is 167 Å². The maximum Gasteiger partial charge on any atom is 0.280 e. The molecule has 0 saturated heterocycles. The number of nitrogens with one attached hydrogen (secondary N) is 1. The topological polar surface area (TPSA) is 109 Å². The maximum absolute atomic E-state index is 12.3. The molecule has 1 aromatic heterocycles. The third kappa shape index (κ3) is 4.76. The van der Waals surface area contributed by atoms with E-state index in [1.54, 1.807) is 31.2 Å². The first-order valence-corrected chi connectivity index (χ1v) is 8.77. The number of nitriles is 1. The summed E-state index contributed by atoms with van der Waals surface area (Å²) in [6.07, 6.45) is 1.31. The van der Waals surface area contributed by atoms with E-state index in [0.717, 1.165) is 11.1 Å². The summed E-state index contributed by atoms with van der Waals surface area (Å²) in [7, 11) is 0. The summed E-state index contributed by atoms with van der Waals surface area (Å²) < 4.78 is 5.63. The van der Waals surface area contributed by atoms with Crippen LogP contribution in [0.1, 0.15) is 16.9 Å². The van der Waals surface area contributed by atoms with Gasteiger partial charge in [-0.3, -0.25) is 14.9 Å². The molecule has 144 valence electrons. The lowest BCUT2D eigenvalue weighted by molar-refractivity contribution is -0.384. The van der Waals surface area contributed by atoms with E-state index in [1.165, 1.54) is 12.1 Å². The van der Waals surface area contributed by atoms with Crippen LogP contribution < -0.4 is 5.32 Å². The van der Waals surface area contributed by atoms with Crippen molar-refractivity contribution >= 4 is 17.7 Å². The van der Waals surface area contributed by atoms with Crippen LogP contribution in [0.2, 0.25) is 0 Å². The molecular formula is C22H17N3O4. The highest BCUT2D eigenvalue weighted by molar-refractivity contribution is 6.01. The average Bonchev–Trinajstić information content (AvgIpc) is 3.19. The molecule has 2 aromatic carbocycles. The molecular weight excluding hydrogens is 370 g/mol. The van der Waals surface area contributed by atoms with Gasteiger partial charge in [0.05, 0.1) is 10.5 Å². The monoisotopic (exact) mass is 387 g/mol. The number of aryl methyl sites for hydroxylation is 1. The molecule has 0 aliphatic heterocycles. The van der Waals surface area contributed by atoms with Crippen molar-refractivity contribution in [2.24, 2.45) is 0 Å². The Morgan fingerprint density at radius 1 is 1.21 bits per heavy atom. The zero-order valence-corrected chi connectivity index (χ0v) is 15.6. The zero-order valence-electron chi connectivity index (χ0n) is 15.6. The summed E-state index contributed by atoms with van der Waals surface area (Å²) in [4.78, 5) is 23.1. The Morgan fingerprint density at radius 3 is 2.66 bits per heavy atom. The van der Waals surface area contributed by atoms with Crippen molar-refractivity contribution in [3.63, 3.8) is 0 Å². The lowest BCUT2D eigenvalue weighted by atomic mass is 10.1. The summed E-state index contributed by atoms with van der Waals surface area (Å²) in [5, 5.41) is 23.3. The van der Waals surface area contributed by atoms with E-state index in [9.17, 15) is 20.2 Å². The van der Waals surface area contributed by atoms with Gasteiger partial charge in [-0.25, -0.2) is 0 Å². The van der Waals surface area contributed by atoms with E-state index in [1.807, 2.05) is 36.4 Å². The van der Waals surface area contributed by atoms with Crippen LogP contribution in [0, 0.1) is 28.4 Å². The highest BCUT2D eigenvalue weighted by Gasteiger charge is 2.18. The van der Waals surface area contributed by atoms with Gasteiger partial charge in [-0.1, -0.05) is 36.4 Å². The second kappa shape index (κ2) is 8.67. The van der Waals surface area contributed by atoms with Gasteiger partial charge in [0, 0.05) is 18.7 Å². The summed E-state index contributed by atoms with van der Waals surface area (Å²) in [6.45, 7) is 2.05. The molecule has 3 aromatic rings. The van der Waals surface area contributed by atoms with Crippen LogP contribution in [0.25, 0.3) is 17.4 Å². The van der Waals surface area contributed by atoms with Gasteiger partial charge in [0.25, 0.3) is 11.6 Å². The van der Waals surface area contributed by atoms with E-state index < -0.39 is 10.8 Å². The standard InChI is InChI=1S/C22H17N3O4/c1-15-7-9-19(20(11-15)25(27)28)21-10-8-18(29-21)12-17(13-23)22(26)24-14-16-5-3-2-4-6-16/h2-12H,14H2,1H3,(H,24,26)/b17-12+. The fourth-order valence-electron chi connectivity index (χ4n) is 2.74. The summed E-state index contributed by atoms with van der Waals surface area (Å²) in [5.74, 6) is 0.00170. The van der Waals surface area contributed by atoms with Crippen LogP contribution in [0.4, 0.5) is 5.69 Å². The Morgan fingerprint density at radius 2 is 1.97 bits per heavy atom. The minimum atomic E-state index is -0.532. The number of carbonyl (C=O) groups is 1. The summed E-state index contributed by atoms with van der Waals surface area (Å²) in [6, 6.07) is 19.1. The number of amides is 1. The number of rotatable bonds is 6. The SMILES string of the molecule is Cc1ccc(-c2ccc(/C=C(\C#N)C(=O)NCc3ccccc3)o2)c([N+](=O)[O-])c1. The molecule has 1 N–H and O–H groups in total. The van der Waals surface area contributed by atoms with Gasteiger partial charge in [0.15, 0.2) is 0 Å². The van der Waals surface area contributed by atoms with Gasteiger partial charge in [0.2, 0.25) is 0 Å². The van der Waals surface area contributed by atoms with Crippen molar-refractivity contribution in [2.75, 3.05) is 0 Å². The predicted molar refractivity (Wildman–Crippen MR) is 107 cm³/mol. The van der Waals surface area contributed by atoms with Gasteiger partial charge in [-0.05, 0) is 36.2 Å². The predicted octanol–water partition coefficient (Wildman–Crippen LogP) is 4.39. The first-order chi connectivity index (χ1) is 14.0. The van der Waals surface area contributed by atoms with Gasteiger partial charge in [-0.2, -0.15) is 5.26 Å². The van der Waals surface area contributed by atoms with Crippen molar-refractivity contribution in [3.8, 4) is 17.4 Å². The van der Waals surface area contributed by atoms with E-state index in [2.05, 4.69) is 5.32 Å². The Balaban J connectivity index is 1.80. The minimum Gasteiger partial charge on any atom is -0.456 e. The first kappa shape index (κ1) is 19.6. The molecule has 29 heavy (non-hydrogen) atoms. The van der Waals surface area contributed by atoms with Crippen molar-refractivity contribution in [1.29, 1.82) is 5.26 Å². The molecule has 0 fully saturated rings. The molecule has 3 rings (SSSR count). The second-order valence-corrected chi connectivity index (χ2v) is 6.32. The Bertz CT molecular complexity index is 1120. The lowest BCUT2D eigenvalue weighted by Gasteiger charge is -2.04. The molecule has 0 unspecified atom stereocenters. The van der Waals surface area contributed by atoms with E-state index in [0.29, 0.717) is 5.56 Å². The van der Waals surface area contributed by atoms with Crippen LogP contribution in [0.15, 0.2) is 70.7 Å². The maximum atomic E-state index is 12.3. The number of nitro groups is 1. The van der Waals surface area contributed by atoms with Crippen molar-refractivity contribution in [3.05, 3.63) is 93.2 Å². The number of hydrogen-bond acceptors (Lipinski definition) is 5. The molecule has 7 nitrogen and oxygen atoms in total. The third-order valence-electron chi connectivity index (χ3n) is 4.19. The van der Waals surface area contributed by atoms with Crippen LogP contribution >= 0.6 is 0 Å². The second-order valence-electron chi connectivity index (χ2n) is 6.32. The van der Waals surface area contributed by atoms with Crippen LogP contribution in [0.3, 0.4) is 0 Å². The van der Waals surface area contributed by atoms with Gasteiger partial charge in [-0.15, -0.1) is 0 Å². The average molecular weight is 387 g/mol. The molecule has 0 radical (unpaired) electrons. The van der Waals surface area contributed by atoms with Crippen LogP contribution in [0.5, 0.6) is 0 Å². The quantitative estimate of drug-likeness (QED) is 0.292. The fourth-order valence-corrected chi connectivity index (χ4v) is 2.74. The zero-order chi connectivity index (χ0) is 20.8. The number of benzene rings is 2. The first-order valence-electron chi connectivity index (χ1n) is 8.77. The number of carbonyl (C=O) groups excluding carboxylic acids is 1. The third-order valence-corrected chi connectivity index (χ3v) is 4.19. The molecule has 7 heteroatoms. The highest BCUT2D eigenvalue weighted by Crippen LogP contribution is 2.32. The van der Waals surface area contributed by atoms with Gasteiger partial charge >= 0.3 is 0 Å². The van der Waals surface area contributed by atoms with Crippen molar-refractivity contribution in [1.82, 2.24) is 5.32 Å². The summed E-state index contributed by atoms with van der Waals surface area (Å²) >= 11 is 0. The molecule has 0 saturated carbocycles. The van der Waals surface area contributed by atoms with Gasteiger partial charge in [0.1, 0.15) is 23.2 Å². The minimum absolute atomic E-state index is 0.0732. The Kier molecular flexibility index (Phi) is 5.85. The Hall–Kier alpha value is -4.18. The molecule has 1 amide bonds. The highest BCUT2D eigenvalue weighted by atomic mass is 16.6. The lowest BCUT2D eigenvalue weighted by Crippen LogP contribution is -2.23. The molecule has 0 bridgehead atoms. The summed E-state index contributed by atoms with van der Waals surface area (Å²) in [5.41, 5.74) is 1.79. The van der Waals surface area contributed by atoms with Crippen molar-refractivity contribution < 1.29 is 14.1 Å². The molecule has 0 aliphatic rings. The molecule has 0 spiro atoms. The van der Waals surface area contributed by atoms with E-state index >= 15 is 0 Å². The number of nitro benzene ring substituents is 1. The number of hydrogen-bond donors (Lipinski definition) is 1. The van der Waals surface area contributed by atoms with E-state index in [-0.39, 0.29) is 29.3 Å². The normalized spacial score (nSPS) is 11.0. The van der Waals surface area contributed by atoms with Crippen molar-refractivity contribution in [2.45, 2.75) is 13.5 Å². The van der Waals surface area contributed by atoms with Crippen LogP contribution in [-0.4, -0.2) is 10.8 Å². The number of nitrogens with zero attached hydrogens (tertiary/aromatic N) is 2. The number of furan rings is 1. The van der Waals surface area contributed by atoms with Gasteiger partial charge < -0.3 is 9.73 Å². The van der Waals surface area contributed by atoms with Crippen LogP contribution in [-0.2, 0) is 11.3 Å². The molecule has 1 heterocycles. The fraction of sp³-hybridized carbons (Fsp3) is 0.0909. The largest absolute Gasteiger partial charge is 0.456 e. The molecule has 0 atom stereocenters. The van der Waals surface area contributed by atoms with E-state index in [4.69, 9.17) is 4.42 Å². The molecule has 0 aliphatic carbocycles.